The number of unbranched alkanes of at least 4 members (excludes halogenated alkanes) is 2. The number of likely N-dealkylation sites (N-methyl/N-ethyl adjacent to an activating group) is 1. The summed E-state index contributed by atoms with van der Waals surface area (Å²) in [6, 6.07) is 0. The van der Waals surface area contributed by atoms with Crippen molar-refractivity contribution in [3.63, 3.8) is 0 Å². The zero-order valence-electron chi connectivity index (χ0n) is 44.5. The molecule has 0 aromatic rings. The molecule has 0 bridgehead atoms. The van der Waals surface area contributed by atoms with Gasteiger partial charge >= 0.3 is 17.9 Å². The highest BCUT2D eigenvalue weighted by atomic mass is 16.7. The van der Waals surface area contributed by atoms with Crippen LogP contribution in [-0.4, -0.2) is 87.4 Å². The van der Waals surface area contributed by atoms with Crippen LogP contribution in [0.1, 0.15) is 142 Å². The molecule has 0 aliphatic carbocycles. The molecule has 0 radical (unpaired) electrons. The van der Waals surface area contributed by atoms with Crippen molar-refractivity contribution in [2.45, 2.75) is 155 Å². The smallest absolute Gasteiger partial charge is 0.361 e. The first-order valence-corrected chi connectivity index (χ1v) is 26.3. The summed E-state index contributed by atoms with van der Waals surface area (Å²) >= 11 is 0. The van der Waals surface area contributed by atoms with E-state index in [0.29, 0.717) is 23.9 Å². The molecule has 9 heteroatoms. The molecule has 0 amide bonds. The fourth-order valence-corrected chi connectivity index (χ4v) is 5.99. The lowest BCUT2D eigenvalue weighted by atomic mass is 10.2. The molecule has 0 saturated carbocycles. The highest BCUT2D eigenvalue weighted by molar-refractivity contribution is 5.71. The van der Waals surface area contributed by atoms with Crippen LogP contribution in [0.4, 0.5) is 0 Å². The summed E-state index contributed by atoms with van der Waals surface area (Å²) in [5.41, 5.74) is 0. The van der Waals surface area contributed by atoms with Crippen LogP contribution < -0.4 is 0 Å². The first kappa shape index (κ1) is 65.7. The van der Waals surface area contributed by atoms with Crippen LogP contribution in [0.15, 0.2) is 170 Å². The first-order chi connectivity index (χ1) is 34.6. The van der Waals surface area contributed by atoms with E-state index in [4.69, 9.17) is 18.9 Å². The van der Waals surface area contributed by atoms with Gasteiger partial charge in [0.25, 0.3) is 6.29 Å². The third-order valence-corrected chi connectivity index (χ3v) is 9.98. The Morgan fingerprint density at radius 2 is 0.775 bits per heavy atom. The van der Waals surface area contributed by atoms with Crippen LogP contribution in [0.2, 0.25) is 0 Å². The Morgan fingerprint density at radius 1 is 0.423 bits per heavy atom. The van der Waals surface area contributed by atoms with Crippen molar-refractivity contribution in [1.29, 1.82) is 0 Å². The van der Waals surface area contributed by atoms with Crippen LogP contribution in [0.3, 0.4) is 0 Å². The van der Waals surface area contributed by atoms with E-state index >= 15 is 0 Å². The normalized spacial score (nSPS) is 14.2. The molecule has 2 unspecified atom stereocenters. The van der Waals surface area contributed by atoms with E-state index in [-0.39, 0.29) is 32.7 Å². The Labute approximate surface area is 431 Å². The SMILES string of the molecule is CC/C=C\C/C=C\C/C=C\C/C=C\C/C=C\C/C=C\C/C=C\C/C=C\C/C=C\C/C=C\CCCCC(=O)OC(COC(=O)CC/C=C\C/C=C\C/C=C\C/C=C\CC)COC(OCC[N+](C)(C)C)C(=O)O. The molecular weight excluding hydrogens is 887 g/mol. The molecule has 9 nitrogen and oxygen atoms in total. The maximum atomic E-state index is 12.8. The van der Waals surface area contributed by atoms with Crippen molar-refractivity contribution in [3.05, 3.63) is 170 Å². The van der Waals surface area contributed by atoms with E-state index in [1.807, 2.05) is 33.3 Å². The molecule has 0 saturated heterocycles. The van der Waals surface area contributed by atoms with Crippen molar-refractivity contribution >= 4 is 17.9 Å². The number of hydrogen-bond donors (Lipinski definition) is 1. The average Bonchev–Trinajstić information content (AvgIpc) is 3.34. The van der Waals surface area contributed by atoms with Gasteiger partial charge in [0.2, 0.25) is 0 Å². The zero-order chi connectivity index (χ0) is 52.0. The topological polar surface area (TPSA) is 108 Å². The molecule has 0 aromatic heterocycles. The largest absolute Gasteiger partial charge is 0.477 e. The zero-order valence-corrected chi connectivity index (χ0v) is 44.5. The van der Waals surface area contributed by atoms with E-state index in [1.165, 1.54) is 0 Å². The Balaban J connectivity index is 4.45. The number of nitrogens with zero attached hydrogens (tertiary/aromatic N) is 1. The first-order valence-electron chi connectivity index (χ1n) is 26.3. The number of carboxylic acid groups (broad SMARTS) is 1. The van der Waals surface area contributed by atoms with Gasteiger partial charge in [0.1, 0.15) is 13.2 Å². The van der Waals surface area contributed by atoms with Crippen molar-refractivity contribution in [1.82, 2.24) is 0 Å². The van der Waals surface area contributed by atoms with Gasteiger partial charge < -0.3 is 28.5 Å². The number of carbonyl (C=O) groups is 3. The summed E-state index contributed by atoms with van der Waals surface area (Å²) in [5.74, 6) is -2.20. The lowest BCUT2D eigenvalue weighted by Gasteiger charge is -2.25. The molecule has 0 spiro atoms. The molecule has 0 rings (SSSR count). The average molecular weight is 981 g/mol. The van der Waals surface area contributed by atoms with Gasteiger partial charge in [-0.2, -0.15) is 0 Å². The van der Waals surface area contributed by atoms with Crippen LogP contribution in [0.5, 0.6) is 0 Å². The number of carboxylic acids is 1. The monoisotopic (exact) mass is 981 g/mol. The Morgan fingerprint density at radius 3 is 1.13 bits per heavy atom. The van der Waals surface area contributed by atoms with E-state index in [9.17, 15) is 19.5 Å². The van der Waals surface area contributed by atoms with Crippen molar-refractivity contribution in [2.24, 2.45) is 0 Å². The highest BCUT2D eigenvalue weighted by Crippen LogP contribution is 2.09. The number of allylic oxidation sites excluding steroid dienone is 28. The molecule has 1 N–H and O–H groups in total. The summed E-state index contributed by atoms with van der Waals surface area (Å²) in [7, 11) is 5.90. The van der Waals surface area contributed by atoms with Crippen molar-refractivity contribution in [2.75, 3.05) is 47.5 Å². The van der Waals surface area contributed by atoms with E-state index < -0.39 is 30.3 Å². The quantitative estimate of drug-likeness (QED) is 0.0211. The van der Waals surface area contributed by atoms with Crippen LogP contribution >= 0.6 is 0 Å². The molecule has 0 aliphatic heterocycles. The third-order valence-electron chi connectivity index (χ3n) is 9.98. The molecular formula is C62H94NO8+. The predicted molar refractivity (Wildman–Crippen MR) is 299 cm³/mol. The Hall–Kier alpha value is -5.35. The molecule has 0 aromatic carbocycles. The van der Waals surface area contributed by atoms with Gasteiger partial charge in [-0.3, -0.25) is 9.59 Å². The van der Waals surface area contributed by atoms with Gasteiger partial charge in [-0.05, 0) is 116 Å². The second-order valence-electron chi connectivity index (χ2n) is 17.7. The number of aliphatic carboxylic acids is 1. The number of rotatable bonds is 45. The predicted octanol–water partition coefficient (Wildman–Crippen LogP) is 15.2. The van der Waals surface area contributed by atoms with Crippen molar-refractivity contribution in [3.8, 4) is 0 Å². The summed E-state index contributed by atoms with van der Waals surface area (Å²) in [5, 5.41) is 9.66. The standard InChI is InChI=1S/C62H93NO8/c1-6-8-10-12-14-16-18-20-21-22-23-24-25-26-27-28-29-30-31-32-33-34-35-36-37-38-39-41-43-45-47-49-51-53-60(65)71-58(57-70-62(61(66)67)68-55-54-63(3,4)5)56-69-59(64)52-50-48-46-44-42-40-19-17-15-13-11-9-7-2/h8-11,14-17,20-21,23-24,26-27,29-30,32-33,35-36,38-40,42-43,45-46,48,58,62H,6-7,12-13,18-19,22,25,28,31,34,37,41,44,47,49-57H2,1-5H3/p+1/b10-8-,11-9-,16-14-,17-15-,21-20-,24-23-,27-26-,30-29-,33-32-,36-35-,39-38-,42-40-,45-43-,48-46-. The summed E-state index contributed by atoms with van der Waals surface area (Å²) in [6.07, 6.45) is 74.6. The Bertz CT molecular complexity index is 1760. The lowest BCUT2D eigenvalue weighted by molar-refractivity contribution is -0.870. The van der Waals surface area contributed by atoms with Gasteiger partial charge in [-0.25, -0.2) is 4.79 Å². The second kappa shape index (κ2) is 51.0. The maximum Gasteiger partial charge on any atom is 0.361 e. The molecule has 0 aliphatic rings. The van der Waals surface area contributed by atoms with Gasteiger partial charge in [0.05, 0.1) is 34.4 Å². The summed E-state index contributed by atoms with van der Waals surface area (Å²) in [6.45, 7) is 4.45. The molecule has 0 heterocycles. The van der Waals surface area contributed by atoms with Gasteiger partial charge in [0.15, 0.2) is 6.10 Å². The third kappa shape index (κ3) is 52.3. The minimum atomic E-state index is -1.55. The fourth-order valence-electron chi connectivity index (χ4n) is 5.99. The fraction of sp³-hybridized carbons (Fsp3) is 0.500. The molecule has 0 fully saturated rings. The minimum Gasteiger partial charge on any atom is -0.477 e. The van der Waals surface area contributed by atoms with Gasteiger partial charge in [0, 0.05) is 12.8 Å². The second-order valence-corrected chi connectivity index (χ2v) is 17.7. The molecule has 71 heavy (non-hydrogen) atoms. The number of quaternary nitrogens is 1. The van der Waals surface area contributed by atoms with Crippen LogP contribution in [-0.2, 0) is 33.3 Å². The number of ether oxygens (including phenoxy) is 4. The number of esters is 2. The van der Waals surface area contributed by atoms with E-state index in [0.717, 1.165) is 103 Å². The number of hydrogen-bond acceptors (Lipinski definition) is 7. The summed E-state index contributed by atoms with van der Waals surface area (Å²) in [4.78, 5) is 37.2. The summed E-state index contributed by atoms with van der Waals surface area (Å²) < 4.78 is 22.6. The highest BCUT2D eigenvalue weighted by Gasteiger charge is 2.25. The van der Waals surface area contributed by atoms with E-state index in [2.05, 4.69) is 172 Å². The Kier molecular flexibility index (Phi) is 47.2. The number of carbonyl (C=O) groups excluding carboxylic acids is 2. The van der Waals surface area contributed by atoms with Crippen LogP contribution in [0, 0.1) is 0 Å². The lowest BCUT2D eigenvalue weighted by Crippen LogP contribution is -2.40. The van der Waals surface area contributed by atoms with E-state index in [1.54, 1.807) is 0 Å². The van der Waals surface area contributed by atoms with Gasteiger partial charge in [-0.1, -0.05) is 184 Å². The maximum absolute atomic E-state index is 12.8. The molecule has 394 valence electrons. The molecule has 2 atom stereocenters. The van der Waals surface area contributed by atoms with Gasteiger partial charge in [-0.15, -0.1) is 0 Å². The van der Waals surface area contributed by atoms with Crippen molar-refractivity contribution < 1.29 is 42.9 Å². The van der Waals surface area contributed by atoms with Crippen LogP contribution in [0.25, 0.3) is 0 Å². The minimum absolute atomic E-state index is 0.158.